The van der Waals surface area contributed by atoms with E-state index in [0.717, 1.165) is 25.2 Å². The molecular formula is C17H21N3O. The van der Waals surface area contributed by atoms with Gasteiger partial charge in [-0.1, -0.05) is 18.2 Å². The van der Waals surface area contributed by atoms with E-state index in [4.69, 9.17) is 4.74 Å². The topological polar surface area (TPSA) is 37.4 Å². The van der Waals surface area contributed by atoms with E-state index in [1.807, 2.05) is 18.3 Å². The molecule has 21 heavy (non-hydrogen) atoms. The van der Waals surface area contributed by atoms with Gasteiger partial charge in [0.05, 0.1) is 18.5 Å². The average Bonchev–Trinajstić information content (AvgIpc) is 3.08. The standard InChI is InChI=1S/C17H21N3O/c1-21-17-9-8-14(13-19-17)12-18-15-6-2-3-7-16(15)20-10-4-5-11-20/h2-3,6-9,13,18H,4-5,10-12H2,1H3. The Morgan fingerprint density at radius 2 is 1.95 bits per heavy atom. The molecule has 1 fully saturated rings. The minimum atomic E-state index is 0.649. The van der Waals surface area contributed by atoms with Gasteiger partial charge in [-0.15, -0.1) is 0 Å². The Kier molecular flexibility index (Phi) is 4.24. The molecule has 1 aromatic heterocycles. The Bertz CT molecular complexity index is 577. The number of hydrogen-bond donors (Lipinski definition) is 1. The minimum Gasteiger partial charge on any atom is -0.481 e. The lowest BCUT2D eigenvalue weighted by Crippen LogP contribution is -2.19. The van der Waals surface area contributed by atoms with Crippen molar-refractivity contribution in [2.45, 2.75) is 19.4 Å². The fourth-order valence-electron chi connectivity index (χ4n) is 2.69. The highest BCUT2D eigenvalue weighted by Crippen LogP contribution is 2.28. The van der Waals surface area contributed by atoms with Gasteiger partial charge in [0.25, 0.3) is 0 Å². The molecule has 2 aromatic rings. The van der Waals surface area contributed by atoms with Crippen LogP contribution in [0.25, 0.3) is 0 Å². The molecule has 2 heterocycles. The van der Waals surface area contributed by atoms with Gasteiger partial charge < -0.3 is 15.0 Å². The molecule has 0 amide bonds. The summed E-state index contributed by atoms with van der Waals surface area (Å²) in [6, 6.07) is 12.5. The number of hydrogen-bond acceptors (Lipinski definition) is 4. The first-order valence-corrected chi connectivity index (χ1v) is 7.43. The van der Waals surface area contributed by atoms with E-state index in [9.17, 15) is 0 Å². The number of ether oxygens (including phenoxy) is 1. The van der Waals surface area contributed by atoms with E-state index in [1.165, 1.54) is 24.2 Å². The number of anilines is 2. The largest absolute Gasteiger partial charge is 0.481 e. The van der Waals surface area contributed by atoms with Crippen molar-refractivity contribution in [1.29, 1.82) is 0 Å². The maximum absolute atomic E-state index is 5.08. The number of nitrogens with zero attached hydrogens (tertiary/aromatic N) is 2. The molecule has 1 aromatic carbocycles. The molecule has 0 unspecified atom stereocenters. The van der Waals surface area contributed by atoms with Crippen LogP contribution in [0.5, 0.6) is 5.88 Å². The summed E-state index contributed by atoms with van der Waals surface area (Å²) < 4.78 is 5.08. The first-order valence-electron chi connectivity index (χ1n) is 7.43. The second-order valence-electron chi connectivity index (χ2n) is 5.27. The van der Waals surface area contributed by atoms with Gasteiger partial charge in [0.2, 0.25) is 5.88 Å². The average molecular weight is 283 g/mol. The fourth-order valence-corrected chi connectivity index (χ4v) is 2.69. The Morgan fingerprint density at radius 3 is 2.67 bits per heavy atom. The number of methoxy groups -OCH3 is 1. The highest BCUT2D eigenvalue weighted by Gasteiger charge is 2.15. The Hall–Kier alpha value is -2.23. The normalized spacial score (nSPS) is 14.2. The maximum atomic E-state index is 5.08. The van der Waals surface area contributed by atoms with Crippen LogP contribution in [0, 0.1) is 0 Å². The summed E-state index contributed by atoms with van der Waals surface area (Å²) in [7, 11) is 1.63. The van der Waals surface area contributed by atoms with Crippen molar-refractivity contribution >= 4 is 11.4 Å². The predicted molar refractivity (Wildman–Crippen MR) is 86.0 cm³/mol. The van der Waals surface area contributed by atoms with Crippen LogP contribution in [-0.4, -0.2) is 25.2 Å². The molecule has 110 valence electrons. The lowest BCUT2D eigenvalue weighted by Gasteiger charge is -2.22. The van der Waals surface area contributed by atoms with Gasteiger partial charge in [-0.05, 0) is 30.5 Å². The van der Waals surface area contributed by atoms with Gasteiger partial charge in [-0.2, -0.15) is 0 Å². The zero-order valence-corrected chi connectivity index (χ0v) is 12.4. The molecular weight excluding hydrogens is 262 g/mol. The number of para-hydroxylation sites is 2. The number of nitrogens with one attached hydrogen (secondary N) is 1. The number of pyridine rings is 1. The summed E-state index contributed by atoms with van der Waals surface area (Å²) >= 11 is 0. The lowest BCUT2D eigenvalue weighted by atomic mass is 10.2. The molecule has 0 aliphatic carbocycles. The van der Waals surface area contributed by atoms with Crippen molar-refractivity contribution in [3.8, 4) is 5.88 Å². The van der Waals surface area contributed by atoms with Crippen molar-refractivity contribution in [3.05, 3.63) is 48.2 Å². The van der Waals surface area contributed by atoms with Crippen LogP contribution < -0.4 is 15.0 Å². The molecule has 1 aliphatic rings. The zero-order chi connectivity index (χ0) is 14.5. The van der Waals surface area contributed by atoms with Crippen molar-refractivity contribution in [1.82, 2.24) is 4.98 Å². The molecule has 4 heteroatoms. The van der Waals surface area contributed by atoms with Gasteiger partial charge in [-0.3, -0.25) is 0 Å². The van der Waals surface area contributed by atoms with Crippen LogP contribution >= 0.6 is 0 Å². The zero-order valence-electron chi connectivity index (χ0n) is 12.4. The molecule has 0 saturated carbocycles. The maximum Gasteiger partial charge on any atom is 0.212 e. The quantitative estimate of drug-likeness (QED) is 0.913. The van der Waals surface area contributed by atoms with Crippen LogP contribution in [0.1, 0.15) is 18.4 Å². The molecule has 3 rings (SSSR count). The van der Waals surface area contributed by atoms with E-state index in [0.29, 0.717) is 5.88 Å². The molecule has 4 nitrogen and oxygen atoms in total. The first-order chi connectivity index (χ1) is 10.4. The van der Waals surface area contributed by atoms with Crippen molar-refractivity contribution < 1.29 is 4.74 Å². The second kappa shape index (κ2) is 6.48. The smallest absolute Gasteiger partial charge is 0.212 e. The molecule has 0 radical (unpaired) electrons. The van der Waals surface area contributed by atoms with Gasteiger partial charge in [0.1, 0.15) is 0 Å². The van der Waals surface area contributed by atoms with E-state index >= 15 is 0 Å². The summed E-state index contributed by atoms with van der Waals surface area (Å²) in [5, 5.41) is 3.52. The van der Waals surface area contributed by atoms with Crippen molar-refractivity contribution in [2.75, 3.05) is 30.4 Å². The number of aromatic nitrogens is 1. The SMILES string of the molecule is COc1ccc(CNc2ccccc2N2CCCC2)cn1. The van der Waals surface area contributed by atoms with Crippen molar-refractivity contribution in [2.24, 2.45) is 0 Å². The van der Waals surface area contributed by atoms with Crippen LogP contribution in [0.2, 0.25) is 0 Å². The first kappa shape index (κ1) is 13.7. The van der Waals surface area contributed by atoms with Crippen LogP contribution in [0.4, 0.5) is 11.4 Å². The molecule has 0 atom stereocenters. The Balaban J connectivity index is 1.69. The fraction of sp³-hybridized carbons (Fsp3) is 0.353. The Labute approximate surface area is 125 Å². The highest BCUT2D eigenvalue weighted by atomic mass is 16.5. The third-order valence-corrected chi connectivity index (χ3v) is 3.84. The van der Waals surface area contributed by atoms with Crippen LogP contribution in [-0.2, 0) is 6.54 Å². The summed E-state index contributed by atoms with van der Waals surface area (Å²) in [5.41, 5.74) is 3.64. The van der Waals surface area contributed by atoms with E-state index < -0.39 is 0 Å². The lowest BCUT2D eigenvalue weighted by molar-refractivity contribution is 0.397. The monoisotopic (exact) mass is 283 g/mol. The van der Waals surface area contributed by atoms with Gasteiger partial charge in [0.15, 0.2) is 0 Å². The number of rotatable bonds is 5. The molecule has 0 bridgehead atoms. The summed E-state index contributed by atoms with van der Waals surface area (Å²) in [6.07, 6.45) is 4.43. The third-order valence-electron chi connectivity index (χ3n) is 3.84. The van der Waals surface area contributed by atoms with Crippen LogP contribution in [0.3, 0.4) is 0 Å². The van der Waals surface area contributed by atoms with Crippen molar-refractivity contribution in [3.63, 3.8) is 0 Å². The number of benzene rings is 1. The summed E-state index contributed by atoms with van der Waals surface area (Å²) in [6.45, 7) is 3.08. The van der Waals surface area contributed by atoms with E-state index in [-0.39, 0.29) is 0 Å². The molecule has 1 aliphatic heterocycles. The van der Waals surface area contributed by atoms with Gasteiger partial charge in [0, 0.05) is 31.9 Å². The third kappa shape index (κ3) is 3.27. The van der Waals surface area contributed by atoms with Crippen LogP contribution in [0.15, 0.2) is 42.6 Å². The van der Waals surface area contributed by atoms with E-state index in [1.54, 1.807) is 7.11 Å². The van der Waals surface area contributed by atoms with Gasteiger partial charge >= 0.3 is 0 Å². The molecule has 1 N–H and O–H groups in total. The highest BCUT2D eigenvalue weighted by molar-refractivity contribution is 5.70. The predicted octanol–water partition coefficient (Wildman–Crippen LogP) is 3.30. The van der Waals surface area contributed by atoms with E-state index in [2.05, 4.69) is 39.5 Å². The van der Waals surface area contributed by atoms with Gasteiger partial charge in [-0.25, -0.2) is 4.98 Å². The Morgan fingerprint density at radius 1 is 1.14 bits per heavy atom. The summed E-state index contributed by atoms with van der Waals surface area (Å²) in [4.78, 5) is 6.69. The minimum absolute atomic E-state index is 0.649. The molecule has 1 saturated heterocycles. The summed E-state index contributed by atoms with van der Waals surface area (Å²) in [5.74, 6) is 0.649. The second-order valence-corrected chi connectivity index (χ2v) is 5.27. The molecule has 0 spiro atoms.